The number of carbonyl (C=O) groups is 2. The Labute approximate surface area is 251 Å². The lowest BCUT2D eigenvalue weighted by molar-refractivity contribution is -0.119. The van der Waals surface area contributed by atoms with Crippen LogP contribution in [0.4, 0.5) is 11.4 Å². The van der Waals surface area contributed by atoms with Crippen molar-refractivity contribution in [2.45, 2.75) is 11.4 Å². The molecule has 1 amide bonds. The molecule has 4 aromatic rings. The number of anilines is 2. The summed E-state index contributed by atoms with van der Waals surface area (Å²) in [4.78, 5) is 24.7. The normalized spacial score (nSPS) is 11.1. The summed E-state index contributed by atoms with van der Waals surface area (Å²) in [6, 6.07) is 23.5. The number of hydrogen-bond acceptors (Lipinski definition) is 5. The standard InChI is InChI=1S/C28H20Cl4N2O5S/c29-20-7-10-22(11-8-20)34(16-18-4-2-1-3-5-18)40(37,38)26-14-19(6-12-23(26)31)28(36)39-17-27(35)33-25-13-9-21(30)15-24(25)32/h1-15H,16-17H2,(H,33,35). The van der Waals surface area contributed by atoms with Gasteiger partial charge >= 0.3 is 5.97 Å². The highest BCUT2D eigenvalue weighted by molar-refractivity contribution is 7.93. The zero-order valence-corrected chi connectivity index (χ0v) is 24.3. The van der Waals surface area contributed by atoms with E-state index in [1.54, 1.807) is 48.5 Å². The lowest BCUT2D eigenvalue weighted by atomic mass is 10.2. The monoisotopic (exact) mass is 636 g/mol. The van der Waals surface area contributed by atoms with E-state index in [0.29, 0.717) is 15.7 Å². The molecule has 0 fully saturated rings. The number of nitrogens with one attached hydrogen (secondary N) is 1. The van der Waals surface area contributed by atoms with Gasteiger partial charge in [-0.05, 0) is 66.2 Å². The maximum atomic E-state index is 13.9. The van der Waals surface area contributed by atoms with Crippen LogP contribution in [0.15, 0.2) is 95.9 Å². The van der Waals surface area contributed by atoms with Crippen molar-refractivity contribution in [1.82, 2.24) is 0 Å². The molecule has 1 N–H and O–H groups in total. The predicted molar refractivity (Wildman–Crippen MR) is 158 cm³/mol. The summed E-state index contributed by atoms with van der Waals surface area (Å²) >= 11 is 24.2. The Morgan fingerprint density at radius 3 is 2.12 bits per heavy atom. The van der Waals surface area contributed by atoms with Gasteiger partial charge < -0.3 is 10.1 Å². The van der Waals surface area contributed by atoms with Gasteiger partial charge in [-0.25, -0.2) is 13.2 Å². The summed E-state index contributed by atoms with van der Waals surface area (Å²) in [6.45, 7) is -0.656. The van der Waals surface area contributed by atoms with Crippen molar-refractivity contribution in [3.63, 3.8) is 0 Å². The molecule has 4 aromatic carbocycles. The van der Waals surface area contributed by atoms with E-state index in [-0.39, 0.29) is 32.7 Å². The first kappa shape index (κ1) is 29.7. The highest BCUT2D eigenvalue weighted by Gasteiger charge is 2.29. The van der Waals surface area contributed by atoms with E-state index in [9.17, 15) is 18.0 Å². The van der Waals surface area contributed by atoms with Gasteiger partial charge in [0.2, 0.25) is 0 Å². The molecule has 0 spiro atoms. The number of carbonyl (C=O) groups excluding carboxylic acids is 2. The zero-order chi connectivity index (χ0) is 28.9. The molecule has 0 aliphatic heterocycles. The van der Waals surface area contributed by atoms with E-state index < -0.39 is 28.5 Å². The summed E-state index contributed by atoms with van der Waals surface area (Å²) < 4.78 is 34.1. The highest BCUT2D eigenvalue weighted by atomic mass is 35.5. The number of halogens is 4. The third-order valence-corrected chi connectivity index (χ3v) is 8.61. The third kappa shape index (κ3) is 7.27. The highest BCUT2D eigenvalue weighted by Crippen LogP contribution is 2.32. The number of ether oxygens (including phenoxy) is 1. The summed E-state index contributed by atoms with van der Waals surface area (Å²) in [5.74, 6) is -1.58. The quantitative estimate of drug-likeness (QED) is 0.192. The lowest BCUT2D eigenvalue weighted by Gasteiger charge is -2.25. The van der Waals surface area contributed by atoms with Crippen LogP contribution in [-0.4, -0.2) is 26.9 Å². The van der Waals surface area contributed by atoms with Gasteiger partial charge in [0.25, 0.3) is 15.9 Å². The van der Waals surface area contributed by atoms with E-state index in [0.717, 1.165) is 15.9 Å². The van der Waals surface area contributed by atoms with Gasteiger partial charge in [-0.15, -0.1) is 0 Å². The second kappa shape index (κ2) is 12.9. The molecule has 0 aromatic heterocycles. The van der Waals surface area contributed by atoms with Crippen molar-refractivity contribution in [1.29, 1.82) is 0 Å². The van der Waals surface area contributed by atoms with E-state index in [4.69, 9.17) is 51.1 Å². The Balaban J connectivity index is 1.57. The Hall–Kier alpha value is -3.27. The number of amides is 1. The van der Waals surface area contributed by atoms with Crippen LogP contribution in [-0.2, 0) is 26.1 Å². The van der Waals surface area contributed by atoms with Crippen molar-refractivity contribution in [2.24, 2.45) is 0 Å². The first-order valence-electron chi connectivity index (χ1n) is 11.6. The first-order chi connectivity index (χ1) is 19.0. The molecular weight excluding hydrogens is 618 g/mol. The largest absolute Gasteiger partial charge is 0.452 e. The number of esters is 1. The Kier molecular flexibility index (Phi) is 9.60. The lowest BCUT2D eigenvalue weighted by Crippen LogP contribution is -2.31. The van der Waals surface area contributed by atoms with Gasteiger partial charge in [-0.2, -0.15) is 0 Å². The fourth-order valence-electron chi connectivity index (χ4n) is 3.61. The van der Waals surface area contributed by atoms with Gasteiger partial charge in [0.1, 0.15) is 4.90 Å². The van der Waals surface area contributed by atoms with E-state index in [1.807, 2.05) is 6.07 Å². The average molecular weight is 638 g/mol. The van der Waals surface area contributed by atoms with Gasteiger partial charge in [-0.3, -0.25) is 9.10 Å². The van der Waals surface area contributed by atoms with Gasteiger partial charge in [-0.1, -0.05) is 76.7 Å². The maximum Gasteiger partial charge on any atom is 0.338 e. The second-order valence-electron chi connectivity index (χ2n) is 8.37. The fraction of sp³-hybridized carbons (Fsp3) is 0.0714. The third-order valence-electron chi connectivity index (χ3n) is 5.56. The van der Waals surface area contributed by atoms with Crippen LogP contribution >= 0.6 is 46.4 Å². The topological polar surface area (TPSA) is 92.8 Å². The summed E-state index contributed by atoms with van der Waals surface area (Å²) in [7, 11) is -4.29. The average Bonchev–Trinajstić information content (AvgIpc) is 2.93. The molecular formula is C28H20Cl4N2O5S. The molecule has 12 heteroatoms. The Bertz CT molecular complexity index is 1650. The van der Waals surface area contributed by atoms with Gasteiger partial charge in [0, 0.05) is 10.0 Å². The van der Waals surface area contributed by atoms with Crippen LogP contribution in [0.1, 0.15) is 15.9 Å². The molecule has 206 valence electrons. The Morgan fingerprint density at radius 2 is 1.45 bits per heavy atom. The minimum absolute atomic E-state index is 0.0107. The van der Waals surface area contributed by atoms with E-state index in [1.165, 1.54) is 30.3 Å². The molecule has 0 atom stereocenters. The SMILES string of the molecule is O=C(COC(=O)c1ccc(Cl)c(S(=O)(=O)N(Cc2ccccc2)c2ccc(Cl)cc2)c1)Nc1ccc(Cl)cc1Cl. The summed E-state index contributed by atoms with van der Waals surface area (Å²) in [5.41, 5.74) is 1.23. The molecule has 0 radical (unpaired) electrons. The van der Waals surface area contributed by atoms with Crippen LogP contribution < -0.4 is 9.62 Å². The van der Waals surface area contributed by atoms with Crippen LogP contribution in [0.2, 0.25) is 20.1 Å². The first-order valence-corrected chi connectivity index (χ1v) is 14.5. The fourth-order valence-corrected chi connectivity index (χ4v) is 6.15. The number of hydrogen-bond donors (Lipinski definition) is 1. The predicted octanol–water partition coefficient (Wildman–Crippen LogP) is 7.49. The molecule has 0 unspecified atom stereocenters. The van der Waals surface area contributed by atoms with Crippen LogP contribution in [0.5, 0.6) is 0 Å². The van der Waals surface area contributed by atoms with Gasteiger partial charge in [0.05, 0.1) is 33.5 Å². The van der Waals surface area contributed by atoms with Crippen molar-refractivity contribution in [2.75, 3.05) is 16.2 Å². The number of benzene rings is 4. The Morgan fingerprint density at radius 1 is 0.775 bits per heavy atom. The molecule has 40 heavy (non-hydrogen) atoms. The van der Waals surface area contributed by atoms with E-state index in [2.05, 4.69) is 5.32 Å². The minimum atomic E-state index is -4.29. The number of rotatable bonds is 9. The molecule has 0 aliphatic carbocycles. The smallest absolute Gasteiger partial charge is 0.338 e. The molecule has 4 rings (SSSR count). The molecule has 0 heterocycles. The molecule has 7 nitrogen and oxygen atoms in total. The second-order valence-corrected chi connectivity index (χ2v) is 11.9. The van der Waals surface area contributed by atoms with Crippen molar-refractivity contribution in [3.05, 3.63) is 122 Å². The maximum absolute atomic E-state index is 13.9. The van der Waals surface area contributed by atoms with E-state index >= 15 is 0 Å². The van der Waals surface area contributed by atoms with Crippen LogP contribution in [0.3, 0.4) is 0 Å². The van der Waals surface area contributed by atoms with Crippen molar-refractivity contribution >= 4 is 79.7 Å². The minimum Gasteiger partial charge on any atom is -0.452 e. The molecule has 0 saturated carbocycles. The molecule has 0 saturated heterocycles. The van der Waals surface area contributed by atoms with Crippen LogP contribution in [0, 0.1) is 0 Å². The number of sulfonamides is 1. The summed E-state index contributed by atoms with van der Waals surface area (Å²) in [5, 5.41) is 3.45. The zero-order valence-electron chi connectivity index (χ0n) is 20.5. The van der Waals surface area contributed by atoms with Crippen molar-refractivity contribution < 1.29 is 22.7 Å². The van der Waals surface area contributed by atoms with Gasteiger partial charge in [0.15, 0.2) is 6.61 Å². The van der Waals surface area contributed by atoms with Crippen molar-refractivity contribution in [3.8, 4) is 0 Å². The molecule has 0 aliphatic rings. The summed E-state index contributed by atoms with van der Waals surface area (Å²) in [6.07, 6.45) is 0. The molecule has 0 bridgehead atoms. The van der Waals surface area contributed by atoms with Crippen LogP contribution in [0.25, 0.3) is 0 Å². The number of nitrogens with zero attached hydrogens (tertiary/aromatic N) is 1.